The molecule has 0 amide bonds. The molecule has 0 aliphatic heterocycles. The lowest BCUT2D eigenvalue weighted by atomic mass is 10.1. The van der Waals surface area contributed by atoms with E-state index >= 15 is 0 Å². The summed E-state index contributed by atoms with van der Waals surface area (Å²) in [7, 11) is 3.24. The molecule has 0 aliphatic carbocycles. The van der Waals surface area contributed by atoms with E-state index in [4.69, 9.17) is 21.1 Å². The highest BCUT2D eigenvalue weighted by atomic mass is 35.5. The fraction of sp³-hybridized carbons (Fsp3) is 0.115. The smallest absolute Gasteiger partial charge is 0.335 e. The van der Waals surface area contributed by atoms with E-state index in [0.717, 1.165) is 31.5 Å². The van der Waals surface area contributed by atoms with Crippen molar-refractivity contribution in [3.05, 3.63) is 88.9 Å². The SMILES string of the molecule is COc1ccc(-c2cc(CSc3ccc(Cl)cc3)c(-c3ccc(C(=O)O)cc3)s2)cc1OC. The summed E-state index contributed by atoms with van der Waals surface area (Å²) in [5, 5.41) is 9.96. The van der Waals surface area contributed by atoms with Gasteiger partial charge in [-0.2, -0.15) is 0 Å². The number of carboxylic acids is 1. The van der Waals surface area contributed by atoms with E-state index in [1.54, 1.807) is 49.5 Å². The number of ether oxygens (including phenoxy) is 2. The summed E-state index contributed by atoms with van der Waals surface area (Å²) in [4.78, 5) is 14.6. The Labute approximate surface area is 205 Å². The van der Waals surface area contributed by atoms with Crippen molar-refractivity contribution in [3.63, 3.8) is 0 Å². The van der Waals surface area contributed by atoms with Gasteiger partial charge in [0.05, 0.1) is 19.8 Å². The molecule has 1 N–H and O–H groups in total. The molecule has 0 radical (unpaired) electrons. The lowest BCUT2D eigenvalue weighted by molar-refractivity contribution is 0.0697. The minimum absolute atomic E-state index is 0.271. The van der Waals surface area contributed by atoms with Gasteiger partial charge in [-0.15, -0.1) is 23.1 Å². The van der Waals surface area contributed by atoms with E-state index in [2.05, 4.69) is 6.07 Å². The first-order valence-electron chi connectivity index (χ1n) is 10.1. The van der Waals surface area contributed by atoms with Crippen LogP contribution >= 0.6 is 34.7 Å². The highest BCUT2D eigenvalue weighted by molar-refractivity contribution is 7.98. The Morgan fingerprint density at radius 2 is 1.58 bits per heavy atom. The zero-order valence-electron chi connectivity index (χ0n) is 18.0. The second-order valence-electron chi connectivity index (χ2n) is 7.16. The van der Waals surface area contributed by atoms with Gasteiger partial charge in [0, 0.05) is 25.4 Å². The molecule has 1 heterocycles. The molecule has 0 atom stereocenters. The average molecular weight is 497 g/mol. The normalized spacial score (nSPS) is 10.8. The van der Waals surface area contributed by atoms with Gasteiger partial charge in [-0.3, -0.25) is 0 Å². The van der Waals surface area contributed by atoms with Gasteiger partial charge in [-0.1, -0.05) is 23.7 Å². The van der Waals surface area contributed by atoms with Gasteiger partial charge < -0.3 is 14.6 Å². The zero-order valence-corrected chi connectivity index (χ0v) is 20.4. The highest BCUT2D eigenvalue weighted by Gasteiger charge is 2.15. The molecular weight excluding hydrogens is 476 g/mol. The first-order valence-corrected chi connectivity index (χ1v) is 12.2. The number of thioether (sulfide) groups is 1. The topological polar surface area (TPSA) is 55.8 Å². The molecule has 0 saturated heterocycles. The van der Waals surface area contributed by atoms with Gasteiger partial charge in [0.15, 0.2) is 11.5 Å². The molecule has 0 saturated carbocycles. The number of benzene rings is 3. The molecule has 0 aliphatic rings. The fourth-order valence-electron chi connectivity index (χ4n) is 3.37. The van der Waals surface area contributed by atoms with Crippen molar-refractivity contribution in [2.24, 2.45) is 0 Å². The van der Waals surface area contributed by atoms with Crippen molar-refractivity contribution in [1.82, 2.24) is 0 Å². The molecule has 0 bridgehead atoms. The van der Waals surface area contributed by atoms with Crippen molar-refractivity contribution >= 4 is 40.7 Å². The summed E-state index contributed by atoms with van der Waals surface area (Å²) in [6, 6.07) is 22.9. The summed E-state index contributed by atoms with van der Waals surface area (Å²) in [6.45, 7) is 0. The van der Waals surface area contributed by atoms with E-state index in [1.165, 1.54) is 5.56 Å². The number of carboxylic acid groups (broad SMARTS) is 1. The maximum absolute atomic E-state index is 11.3. The van der Waals surface area contributed by atoms with Crippen molar-refractivity contribution in [1.29, 1.82) is 0 Å². The van der Waals surface area contributed by atoms with Crippen molar-refractivity contribution < 1.29 is 19.4 Å². The minimum atomic E-state index is -0.933. The van der Waals surface area contributed by atoms with Crippen LogP contribution in [0.5, 0.6) is 11.5 Å². The first kappa shape index (κ1) is 23.2. The highest BCUT2D eigenvalue weighted by Crippen LogP contribution is 2.42. The largest absolute Gasteiger partial charge is 0.493 e. The predicted octanol–water partition coefficient (Wildman–Crippen LogP) is 7.74. The number of halogens is 1. The Bertz CT molecular complexity index is 1260. The third-order valence-corrected chi connectivity index (χ3v) is 7.67. The van der Waals surface area contributed by atoms with E-state index in [9.17, 15) is 9.90 Å². The molecule has 168 valence electrons. The van der Waals surface area contributed by atoms with Crippen molar-refractivity contribution in [3.8, 4) is 32.4 Å². The first-order chi connectivity index (χ1) is 16.0. The van der Waals surface area contributed by atoms with Crippen LogP contribution < -0.4 is 9.47 Å². The molecular formula is C26H21ClO4S2. The Morgan fingerprint density at radius 1 is 0.909 bits per heavy atom. The average Bonchev–Trinajstić information content (AvgIpc) is 3.27. The van der Waals surface area contributed by atoms with Crippen molar-refractivity contribution in [2.75, 3.05) is 14.2 Å². The fourth-order valence-corrected chi connectivity index (χ4v) is 5.65. The Morgan fingerprint density at radius 3 is 2.21 bits per heavy atom. The summed E-state index contributed by atoms with van der Waals surface area (Å²) in [5.74, 6) is 1.19. The molecule has 7 heteroatoms. The van der Waals surface area contributed by atoms with E-state index in [0.29, 0.717) is 16.5 Å². The van der Waals surface area contributed by atoms with Gasteiger partial charge in [0.1, 0.15) is 0 Å². The Balaban J connectivity index is 1.72. The third-order valence-electron chi connectivity index (χ3n) is 5.08. The van der Waals surface area contributed by atoms with Crippen LogP contribution in [0.4, 0.5) is 0 Å². The van der Waals surface area contributed by atoms with Gasteiger partial charge >= 0.3 is 5.97 Å². The number of hydrogen-bond acceptors (Lipinski definition) is 5. The number of hydrogen-bond donors (Lipinski definition) is 1. The summed E-state index contributed by atoms with van der Waals surface area (Å²) >= 11 is 9.42. The molecule has 3 aromatic carbocycles. The Kier molecular flexibility index (Phi) is 7.28. The second-order valence-corrected chi connectivity index (χ2v) is 9.70. The predicted molar refractivity (Wildman–Crippen MR) is 136 cm³/mol. The van der Waals surface area contributed by atoms with Gasteiger partial charge in [0.25, 0.3) is 0 Å². The summed E-state index contributed by atoms with van der Waals surface area (Å²) < 4.78 is 10.8. The van der Waals surface area contributed by atoms with Crippen LogP contribution in [0, 0.1) is 0 Å². The maximum Gasteiger partial charge on any atom is 0.335 e. The zero-order chi connectivity index (χ0) is 23.4. The molecule has 4 aromatic rings. The molecule has 1 aromatic heterocycles. The van der Waals surface area contributed by atoms with Gasteiger partial charge in [0.2, 0.25) is 0 Å². The Hall–Kier alpha value is -2.93. The van der Waals surface area contributed by atoms with Crippen LogP contribution in [0.1, 0.15) is 15.9 Å². The van der Waals surface area contributed by atoms with E-state index in [-0.39, 0.29) is 5.56 Å². The molecule has 4 nitrogen and oxygen atoms in total. The lowest BCUT2D eigenvalue weighted by Gasteiger charge is -2.08. The van der Waals surface area contributed by atoms with Gasteiger partial charge in [-0.25, -0.2) is 4.79 Å². The monoisotopic (exact) mass is 496 g/mol. The maximum atomic E-state index is 11.3. The van der Waals surface area contributed by atoms with Crippen LogP contribution in [0.15, 0.2) is 77.7 Å². The number of thiophene rings is 1. The van der Waals surface area contributed by atoms with Crippen LogP contribution in [0.3, 0.4) is 0 Å². The molecule has 0 spiro atoms. The number of carbonyl (C=O) groups is 1. The third kappa shape index (κ3) is 5.36. The molecule has 4 rings (SSSR count). The van der Waals surface area contributed by atoms with Crippen LogP contribution in [0.25, 0.3) is 20.9 Å². The van der Waals surface area contributed by atoms with Crippen LogP contribution in [0.2, 0.25) is 5.02 Å². The summed E-state index contributed by atoms with van der Waals surface area (Å²) in [6.07, 6.45) is 0. The van der Waals surface area contributed by atoms with E-state index < -0.39 is 5.97 Å². The van der Waals surface area contributed by atoms with Crippen LogP contribution in [-0.4, -0.2) is 25.3 Å². The summed E-state index contributed by atoms with van der Waals surface area (Å²) in [5.41, 5.74) is 3.47. The molecule has 0 fully saturated rings. The minimum Gasteiger partial charge on any atom is -0.493 e. The second kappa shape index (κ2) is 10.3. The van der Waals surface area contributed by atoms with E-state index in [1.807, 2.05) is 54.6 Å². The standard InChI is InChI=1S/C26H21ClO4S2/c1-30-22-12-7-18(13-23(22)31-2)24-14-19(15-32-21-10-8-20(27)9-11-21)25(33-24)16-3-5-17(6-4-16)26(28)29/h3-14H,15H2,1-2H3,(H,28,29). The van der Waals surface area contributed by atoms with Crippen LogP contribution in [-0.2, 0) is 5.75 Å². The number of aromatic carboxylic acids is 1. The number of rotatable bonds is 8. The molecule has 0 unspecified atom stereocenters. The quantitative estimate of drug-likeness (QED) is 0.253. The lowest BCUT2D eigenvalue weighted by Crippen LogP contribution is -1.94. The van der Waals surface area contributed by atoms with Crippen molar-refractivity contribution in [2.45, 2.75) is 10.6 Å². The molecule has 33 heavy (non-hydrogen) atoms. The number of methoxy groups -OCH3 is 2. The van der Waals surface area contributed by atoms with Gasteiger partial charge in [-0.05, 0) is 77.4 Å².